The highest BCUT2D eigenvalue weighted by Crippen LogP contribution is 2.29. The molecule has 2 heterocycles. The Labute approximate surface area is 161 Å². The number of aromatic nitrogens is 3. The van der Waals surface area contributed by atoms with E-state index in [0.29, 0.717) is 39.5 Å². The molecule has 0 radical (unpaired) electrons. The number of quaternary nitrogens is 1. The number of nitrogens with one attached hydrogen (secondary N) is 2. The second kappa shape index (κ2) is 8.02. The number of fused-ring (bicyclic) bond motifs is 1. The molecule has 1 aromatic carbocycles. The van der Waals surface area contributed by atoms with Crippen LogP contribution in [0, 0.1) is 12.7 Å². The van der Waals surface area contributed by atoms with Gasteiger partial charge in [0, 0.05) is 19.2 Å². The van der Waals surface area contributed by atoms with Crippen LogP contribution in [-0.2, 0) is 0 Å². The lowest BCUT2D eigenvalue weighted by Gasteiger charge is -2.09. The van der Waals surface area contributed by atoms with Crippen LogP contribution in [0.3, 0.4) is 0 Å². The van der Waals surface area contributed by atoms with Gasteiger partial charge in [-0.05, 0) is 31.2 Å². The van der Waals surface area contributed by atoms with Crippen molar-refractivity contribution in [2.75, 3.05) is 27.2 Å². The van der Waals surface area contributed by atoms with Gasteiger partial charge in [0.1, 0.15) is 5.82 Å². The number of carbonyl (C=O) groups excluding carboxylic acids is 1. The van der Waals surface area contributed by atoms with Crippen LogP contribution < -0.4 is 10.2 Å². The van der Waals surface area contributed by atoms with Crippen molar-refractivity contribution in [1.82, 2.24) is 20.1 Å². The number of benzene rings is 1. The molecule has 27 heavy (non-hydrogen) atoms. The molecule has 1 amide bonds. The molecule has 0 saturated heterocycles. The summed E-state index contributed by atoms with van der Waals surface area (Å²) in [6.07, 6.45) is 2.33. The average Bonchev–Trinajstić information content (AvgIpc) is 2.97. The highest BCUT2D eigenvalue weighted by molar-refractivity contribution is 6.38. The number of aryl methyl sites for hydroxylation is 1. The highest BCUT2D eigenvalue weighted by Gasteiger charge is 2.19. The quantitative estimate of drug-likeness (QED) is 0.631. The molecular weight excluding hydrogens is 369 g/mol. The molecule has 0 unspecified atom stereocenters. The van der Waals surface area contributed by atoms with Gasteiger partial charge in [-0.3, -0.25) is 4.79 Å². The smallest absolute Gasteiger partial charge is 0.254 e. The zero-order chi connectivity index (χ0) is 19.6. The van der Waals surface area contributed by atoms with Gasteiger partial charge in [0.25, 0.3) is 5.91 Å². The van der Waals surface area contributed by atoms with Gasteiger partial charge in [0.15, 0.2) is 5.65 Å². The number of halogens is 2. The predicted octanol–water partition coefficient (Wildman–Crippen LogP) is 1.79. The fraction of sp³-hybridized carbons (Fsp3) is 0.316. The molecule has 8 heteroatoms. The molecule has 3 aromatic rings. The average molecular weight is 391 g/mol. The molecule has 0 aliphatic heterocycles. The number of amides is 1. The Kier molecular flexibility index (Phi) is 5.72. The maximum atomic E-state index is 13.2. The maximum absolute atomic E-state index is 13.2. The Morgan fingerprint density at radius 1 is 1.30 bits per heavy atom. The molecule has 6 nitrogen and oxygen atoms in total. The molecule has 3 rings (SSSR count). The Bertz CT molecular complexity index is 968. The van der Waals surface area contributed by atoms with E-state index in [1.807, 2.05) is 0 Å². The van der Waals surface area contributed by atoms with E-state index < -0.39 is 0 Å². The van der Waals surface area contributed by atoms with Crippen LogP contribution in [0.4, 0.5) is 4.39 Å². The maximum Gasteiger partial charge on any atom is 0.254 e. The fourth-order valence-corrected chi connectivity index (χ4v) is 3.22. The van der Waals surface area contributed by atoms with Gasteiger partial charge < -0.3 is 10.2 Å². The summed E-state index contributed by atoms with van der Waals surface area (Å²) in [4.78, 5) is 18.2. The summed E-state index contributed by atoms with van der Waals surface area (Å²) >= 11 is 6.51. The first-order valence-corrected chi connectivity index (χ1v) is 9.13. The summed E-state index contributed by atoms with van der Waals surface area (Å²) in [5.74, 6) is -0.579. The molecule has 142 valence electrons. The van der Waals surface area contributed by atoms with Crippen LogP contribution in [0.15, 0.2) is 30.5 Å². The number of hydrogen-bond acceptors (Lipinski definition) is 3. The van der Waals surface area contributed by atoms with Gasteiger partial charge in [-0.25, -0.2) is 14.1 Å². The van der Waals surface area contributed by atoms with Gasteiger partial charge in [0.05, 0.1) is 48.0 Å². The van der Waals surface area contributed by atoms with E-state index in [1.54, 1.807) is 23.7 Å². The first-order chi connectivity index (χ1) is 12.9. The monoisotopic (exact) mass is 390 g/mol. The van der Waals surface area contributed by atoms with Gasteiger partial charge in [0.2, 0.25) is 0 Å². The van der Waals surface area contributed by atoms with Crippen molar-refractivity contribution in [2.45, 2.75) is 13.3 Å². The minimum Gasteiger partial charge on any atom is -0.352 e. The van der Waals surface area contributed by atoms with E-state index in [4.69, 9.17) is 11.6 Å². The van der Waals surface area contributed by atoms with Gasteiger partial charge in [-0.1, -0.05) is 11.6 Å². The van der Waals surface area contributed by atoms with Crippen molar-refractivity contribution in [1.29, 1.82) is 0 Å². The second-order valence-corrected chi connectivity index (χ2v) is 7.10. The second-order valence-electron chi connectivity index (χ2n) is 6.72. The number of hydrogen-bond donors (Lipinski definition) is 2. The van der Waals surface area contributed by atoms with E-state index in [0.717, 1.165) is 13.0 Å². The molecule has 0 atom stereocenters. The fourth-order valence-electron chi connectivity index (χ4n) is 2.87. The largest absolute Gasteiger partial charge is 0.352 e. The number of rotatable bonds is 6. The minimum atomic E-state index is -0.326. The summed E-state index contributed by atoms with van der Waals surface area (Å²) in [5, 5.41) is 8.27. The van der Waals surface area contributed by atoms with Gasteiger partial charge >= 0.3 is 0 Å². The zero-order valence-corrected chi connectivity index (χ0v) is 16.3. The Morgan fingerprint density at radius 3 is 2.67 bits per heavy atom. The third-order valence-corrected chi connectivity index (χ3v) is 4.66. The molecule has 2 aromatic heterocycles. The number of pyridine rings is 1. The summed E-state index contributed by atoms with van der Waals surface area (Å²) in [6, 6.07) is 5.95. The highest BCUT2D eigenvalue weighted by atomic mass is 35.5. The summed E-state index contributed by atoms with van der Waals surface area (Å²) in [6.45, 7) is 3.35. The van der Waals surface area contributed by atoms with E-state index in [9.17, 15) is 9.18 Å². The Balaban J connectivity index is 1.90. The zero-order valence-electron chi connectivity index (χ0n) is 15.5. The van der Waals surface area contributed by atoms with Crippen molar-refractivity contribution in [3.8, 4) is 5.69 Å². The standard InChI is InChI=1S/C19H21ClFN5O/c1-12-16-17(20)15(19(27)22-9-4-10-25(2)3)11-23-18(16)26(24-12)14-7-5-13(21)6-8-14/h5-8,11H,4,9-10H2,1-3H3,(H,22,27)/p+1. The van der Waals surface area contributed by atoms with Crippen molar-refractivity contribution < 1.29 is 14.1 Å². The molecule has 0 bridgehead atoms. The SMILES string of the molecule is Cc1nn(-c2ccc(F)cc2)c2ncc(C(=O)NCCC[NH+](C)C)c(Cl)c12. The topological polar surface area (TPSA) is 64.2 Å². The first-order valence-electron chi connectivity index (χ1n) is 8.75. The van der Waals surface area contributed by atoms with E-state index in [1.165, 1.54) is 23.2 Å². The Hall–Kier alpha value is -2.51. The summed E-state index contributed by atoms with van der Waals surface area (Å²) in [5.41, 5.74) is 2.17. The molecule has 0 aliphatic rings. The van der Waals surface area contributed by atoms with Crippen LogP contribution >= 0.6 is 11.6 Å². The van der Waals surface area contributed by atoms with E-state index in [-0.39, 0.29) is 11.7 Å². The predicted molar refractivity (Wildman–Crippen MR) is 103 cm³/mol. The van der Waals surface area contributed by atoms with Gasteiger partial charge in [-0.15, -0.1) is 0 Å². The lowest BCUT2D eigenvalue weighted by Crippen LogP contribution is -3.05. The van der Waals surface area contributed by atoms with Crippen molar-refractivity contribution in [3.05, 3.63) is 52.6 Å². The third kappa shape index (κ3) is 4.09. The van der Waals surface area contributed by atoms with Crippen LogP contribution in [0.1, 0.15) is 22.5 Å². The lowest BCUT2D eigenvalue weighted by atomic mass is 10.2. The van der Waals surface area contributed by atoms with Crippen LogP contribution in [-0.4, -0.2) is 47.9 Å². The van der Waals surface area contributed by atoms with Gasteiger partial charge in [-0.2, -0.15) is 5.10 Å². The normalized spacial score (nSPS) is 11.3. The van der Waals surface area contributed by atoms with E-state index >= 15 is 0 Å². The molecular formula is C19H22ClFN5O+. The van der Waals surface area contributed by atoms with Crippen LogP contribution in [0.25, 0.3) is 16.7 Å². The number of nitrogens with zero attached hydrogens (tertiary/aromatic N) is 3. The minimum absolute atomic E-state index is 0.253. The van der Waals surface area contributed by atoms with Crippen molar-refractivity contribution in [2.24, 2.45) is 0 Å². The molecule has 0 fully saturated rings. The lowest BCUT2D eigenvalue weighted by molar-refractivity contribution is -0.858. The molecule has 0 spiro atoms. The Morgan fingerprint density at radius 2 is 2.00 bits per heavy atom. The summed E-state index contributed by atoms with van der Waals surface area (Å²) < 4.78 is 14.8. The molecule has 2 N–H and O–H groups in total. The molecule has 0 saturated carbocycles. The van der Waals surface area contributed by atoms with Crippen molar-refractivity contribution >= 4 is 28.5 Å². The first kappa shape index (κ1) is 19.3. The van der Waals surface area contributed by atoms with E-state index in [2.05, 4.69) is 29.5 Å². The third-order valence-electron chi connectivity index (χ3n) is 4.26. The number of carbonyl (C=O) groups is 1. The molecule has 0 aliphatic carbocycles. The van der Waals surface area contributed by atoms with Crippen LogP contribution in [0.2, 0.25) is 5.02 Å². The van der Waals surface area contributed by atoms with Crippen LogP contribution in [0.5, 0.6) is 0 Å². The van der Waals surface area contributed by atoms with Crippen molar-refractivity contribution in [3.63, 3.8) is 0 Å². The summed E-state index contributed by atoms with van der Waals surface area (Å²) in [7, 11) is 4.14.